The number of aliphatic hydroxyl groups is 1. The third-order valence-corrected chi connectivity index (χ3v) is 9.74. The maximum Gasteiger partial charge on any atom is 0.338 e. The van der Waals surface area contributed by atoms with Gasteiger partial charge in [0.1, 0.15) is 0 Å². The highest BCUT2D eigenvalue weighted by Gasteiger charge is 2.30. The van der Waals surface area contributed by atoms with Crippen molar-refractivity contribution in [3.8, 4) is 22.3 Å². The van der Waals surface area contributed by atoms with Crippen LogP contribution in [0.1, 0.15) is 90.8 Å². The molecule has 2 aliphatic carbocycles. The molecule has 4 aromatic rings. The molecule has 5 heteroatoms. The number of esters is 1. The number of carbonyl (C=O) groups excluding carboxylic acids is 1. The number of anilines is 2. The molecule has 0 bridgehead atoms. The molecule has 0 unspecified atom stereocenters. The van der Waals surface area contributed by atoms with E-state index in [4.69, 9.17) is 4.74 Å². The number of rotatable bonds is 2. The lowest BCUT2D eigenvalue weighted by atomic mass is 9.89. The van der Waals surface area contributed by atoms with Crippen molar-refractivity contribution >= 4 is 28.5 Å². The van der Waals surface area contributed by atoms with Crippen LogP contribution in [0.3, 0.4) is 0 Å². The second kappa shape index (κ2) is 10.7. The van der Waals surface area contributed by atoms with Gasteiger partial charge in [0.05, 0.1) is 30.4 Å². The van der Waals surface area contributed by atoms with Crippen LogP contribution >= 0.6 is 0 Å². The lowest BCUT2D eigenvalue weighted by molar-refractivity contribution is 0.0599. The van der Waals surface area contributed by atoms with Crippen LogP contribution in [0.2, 0.25) is 0 Å². The molecule has 0 radical (unpaired) electrons. The normalized spacial score (nSPS) is 16.8. The standard InChI is InChI=1S/C21H21NO2.C20H21NO/c1-12-11-21(2,3)22-19-9-13-8-18-14(17(13)10-16(12)19)6-5-7-15(18)20(23)24-4;1-12-10-20(2,3)21-19-8-14-7-17-13(11-22)5-4-6-15(17)18(14)9-16(12)19/h5-7,9-11,22H,8H2,1-4H3;4-6,8-10,21-22H,7,11H2,1-3H3. The molecule has 0 spiro atoms. The van der Waals surface area contributed by atoms with E-state index in [-0.39, 0.29) is 23.7 Å². The van der Waals surface area contributed by atoms with Crippen molar-refractivity contribution < 1.29 is 14.6 Å². The second-order valence-electron chi connectivity index (χ2n) is 14.2. The lowest BCUT2D eigenvalue weighted by Crippen LogP contribution is -2.31. The molecule has 46 heavy (non-hydrogen) atoms. The third kappa shape index (κ3) is 5.03. The van der Waals surface area contributed by atoms with Crippen LogP contribution in [0.25, 0.3) is 33.4 Å². The number of nitrogens with one attached hydrogen (secondary N) is 2. The van der Waals surface area contributed by atoms with Gasteiger partial charge in [0.15, 0.2) is 0 Å². The molecule has 4 aliphatic rings. The molecule has 8 rings (SSSR count). The smallest absolute Gasteiger partial charge is 0.338 e. The van der Waals surface area contributed by atoms with E-state index in [0.29, 0.717) is 5.56 Å². The molecule has 0 fully saturated rings. The van der Waals surface area contributed by atoms with Crippen molar-refractivity contribution in [1.29, 1.82) is 0 Å². The third-order valence-electron chi connectivity index (χ3n) is 9.74. The van der Waals surface area contributed by atoms with E-state index in [1.807, 2.05) is 24.3 Å². The average Bonchev–Trinajstić information content (AvgIpc) is 3.55. The van der Waals surface area contributed by atoms with E-state index in [1.54, 1.807) is 0 Å². The first-order valence-electron chi connectivity index (χ1n) is 16.1. The van der Waals surface area contributed by atoms with Crippen LogP contribution in [-0.2, 0) is 24.2 Å². The minimum atomic E-state index is -0.264. The van der Waals surface area contributed by atoms with Crippen molar-refractivity contribution in [2.75, 3.05) is 17.7 Å². The molecule has 3 N–H and O–H groups in total. The first-order valence-corrected chi connectivity index (χ1v) is 16.1. The number of allylic oxidation sites excluding steroid dienone is 2. The molecule has 0 saturated carbocycles. The summed E-state index contributed by atoms with van der Waals surface area (Å²) < 4.78 is 4.94. The summed E-state index contributed by atoms with van der Waals surface area (Å²) in [5.74, 6) is -0.264. The van der Waals surface area contributed by atoms with Gasteiger partial charge in [-0.25, -0.2) is 4.79 Å². The first kappa shape index (κ1) is 30.1. The van der Waals surface area contributed by atoms with E-state index < -0.39 is 0 Å². The molecule has 0 aromatic heterocycles. The Morgan fingerprint density at radius 2 is 1.22 bits per heavy atom. The average molecular weight is 611 g/mol. The zero-order chi connectivity index (χ0) is 32.5. The monoisotopic (exact) mass is 610 g/mol. The number of carbonyl (C=O) groups is 1. The topological polar surface area (TPSA) is 70.6 Å². The van der Waals surface area contributed by atoms with Gasteiger partial charge in [-0.05, 0) is 146 Å². The largest absolute Gasteiger partial charge is 0.465 e. The summed E-state index contributed by atoms with van der Waals surface area (Å²) in [4.78, 5) is 12.1. The van der Waals surface area contributed by atoms with Crippen LogP contribution in [-0.4, -0.2) is 29.3 Å². The van der Waals surface area contributed by atoms with Crippen molar-refractivity contribution in [3.63, 3.8) is 0 Å². The number of ether oxygens (including phenoxy) is 1. The molecular weight excluding hydrogens is 568 g/mol. The highest BCUT2D eigenvalue weighted by Crippen LogP contribution is 2.46. The Morgan fingerprint density at radius 3 is 1.74 bits per heavy atom. The maximum absolute atomic E-state index is 12.1. The van der Waals surface area contributed by atoms with E-state index in [9.17, 15) is 9.90 Å². The molecule has 2 heterocycles. The summed E-state index contributed by atoms with van der Waals surface area (Å²) in [6.45, 7) is 13.2. The Kier molecular flexibility index (Phi) is 7.02. The molecule has 0 amide bonds. The fraction of sp³-hybridized carbons (Fsp3) is 0.293. The Balaban J connectivity index is 0.000000147. The van der Waals surface area contributed by atoms with Gasteiger partial charge in [-0.15, -0.1) is 0 Å². The number of aliphatic hydroxyl groups excluding tert-OH is 1. The molecule has 4 aromatic carbocycles. The Bertz CT molecular complexity index is 2010. The van der Waals surface area contributed by atoms with E-state index >= 15 is 0 Å². The fourth-order valence-corrected chi connectivity index (χ4v) is 7.90. The van der Waals surface area contributed by atoms with Crippen LogP contribution in [0.5, 0.6) is 0 Å². The van der Waals surface area contributed by atoms with E-state index in [1.165, 1.54) is 74.1 Å². The molecule has 2 aliphatic heterocycles. The molecule has 0 saturated heterocycles. The van der Waals surface area contributed by atoms with Crippen LogP contribution < -0.4 is 10.6 Å². The number of fused-ring (bicyclic) bond motifs is 8. The number of hydrogen-bond donors (Lipinski definition) is 3. The predicted octanol–water partition coefficient (Wildman–Crippen LogP) is 9.01. The van der Waals surface area contributed by atoms with Crippen molar-refractivity contribution in [2.24, 2.45) is 0 Å². The highest BCUT2D eigenvalue weighted by molar-refractivity contribution is 5.97. The quantitative estimate of drug-likeness (QED) is 0.171. The van der Waals surface area contributed by atoms with E-state index in [0.717, 1.165) is 29.5 Å². The Hall–Kier alpha value is -4.61. The van der Waals surface area contributed by atoms with Crippen molar-refractivity contribution in [3.05, 3.63) is 117 Å². The number of methoxy groups -OCH3 is 1. The first-order chi connectivity index (χ1) is 21.9. The molecule has 0 atom stereocenters. The molecule has 5 nitrogen and oxygen atoms in total. The minimum Gasteiger partial charge on any atom is -0.465 e. The maximum atomic E-state index is 12.1. The summed E-state index contributed by atoms with van der Waals surface area (Å²) in [7, 11) is 1.43. The fourth-order valence-electron chi connectivity index (χ4n) is 7.90. The predicted molar refractivity (Wildman–Crippen MR) is 189 cm³/mol. The Labute approximate surface area is 272 Å². The van der Waals surface area contributed by atoms with Gasteiger partial charge in [-0.3, -0.25) is 0 Å². The SMILES string of the molecule is CC1=CC(C)(C)Nc2cc3c(cc21)-c1cccc(CO)c1C3.COC(=O)c1cccc2c1Cc1cc3c(cc1-2)C(C)=CC(C)(C)N3. The van der Waals surface area contributed by atoms with Gasteiger partial charge in [0.2, 0.25) is 0 Å². The van der Waals surface area contributed by atoms with Crippen LogP contribution in [0, 0.1) is 0 Å². The van der Waals surface area contributed by atoms with Gasteiger partial charge in [-0.1, -0.05) is 42.5 Å². The van der Waals surface area contributed by atoms with Gasteiger partial charge in [-0.2, -0.15) is 0 Å². The van der Waals surface area contributed by atoms with Crippen molar-refractivity contribution in [2.45, 2.75) is 72.1 Å². The van der Waals surface area contributed by atoms with Gasteiger partial charge in [0, 0.05) is 22.5 Å². The Morgan fingerprint density at radius 1 is 0.717 bits per heavy atom. The lowest BCUT2D eigenvalue weighted by Gasteiger charge is -2.32. The second-order valence-corrected chi connectivity index (χ2v) is 14.2. The summed E-state index contributed by atoms with van der Waals surface area (Å²) in [6.07, 6.45) is 6.25. The van der Waals surface area contributed by atoms with Crippen LogP contribution in [0.4, 0.5) is 11.4 Å². The van der Waals surface area contributed by atoms with Gasteiger partial charge in [0.25, 0.3) is 0 Å². The molecular formula is C41H42N2O3. The van der Waals surface area contributed by atoms with Crippen molar-refractivity contribution in [1.82, 2.24) is 0 Å². The zero-order valence-electron chi connectivity index (χ0n) is 27.8. The summed E-state index contributed by atoms with van der Waals surface area (Å²) in [5.41, 5.74) is 19.1. The van der Waals surface area contributed by atoms with Gasteiger partial charge >= 0.3 is 5.97 Å². The zero-order valence-corrected chi connectivity index (χ0v) is 27.8. The van der Waals surface area contributed by atoms with E-state index in [2.05, 4.69) is 101 Å². The summed E-state index contributed by atoms with van der Waals surface area (Å²) in [6, 6.07) is 21.2. The minimum absolute atomic E-state index is 0.00691. The summed E-state index contributed by atoms with van der Waals surface area (Å²) >= 11 is 0. The highest BCUT2D eigenvalue weighted by atomic mass is 16.5. The number of hydrogen-bond acceptors (Lipinski definition) is 5. The summed E-state index contributed by atoms with van der Waals surface area (Å²) in [5, 5.41) is 16.8. The molecule has 234 valence electrons. The number of benzene rings is 4. The van der Waals surface area contributed by atoms with Gasteiger partial charge < -0.3 is 20.5 Å². The van der Waals surface area contributed by atoms with Crippen LogP contribution in [0.15, 0.2) is 72.8 Å².